The van der Waals surface area contributed by atoms with Gasteiger partial charge in [-0.1, -0.05) is 60.7 Å². The molecule has 5 aromatic rings. The second kappa shape index (κ2) is 15.2. The minimum atomic E-state index is -1.06. The van der Waals surface area contributed by atoms with Crippen molar-refractivity contribution in [2.45, 2.75) is 12.1 Å². The van der Waals surface area contributed by atoms with Crippen LogP contribution >= 0.6 is 0 Å². The van der Waals surface area contributed by atoms with Crippen LogP contribution in [0.2, 0.25) is 0 Å². The maximum Gasteiger partial charge on any atom is 0.335 e. The zero-order valence-electron chi connectivity index (χ0n) is 32.3. The van der Waals surface area contributed by atoms with Gasteiger partial charge in [0.25, 0.3) is 0 Å². The Morgan fingerprint density at radius 2 is 0.770 bits per heavy atom. The fraction of sp³-hybridized carbons (Fsp3) is 0.0612. The first-order chi connectivity index (χ1) is 29.4. The van der Waals surface area contributed by atoms with E-state index in [2.05, 4.69) is 22.0 Å². The molecule has 0 amide bonds. The van der Waals surface area contributed by atoms with Crippen LogP contribution in [0.4, 0.5) is 0 Å². The van der Waals surface area contributed by atoms with Gasteiger partial charge in [0, 0.05) is 33.0 Å². The molecule has 5 N–H and O–H groups in total. The number of nitrogens with one attached hydrogen (secondary N) is 1. The molecule has 1 aromatic heterocycles. The Bertz CT molecular complexity index is 2860. The third kappa shape index (κ3) is 6.96. The number of benzene rings is 4. The van der Waals surface area contributed by atoms with Crippen molar-refractivity contribution in [1.82, 2.24) is 9.88 Å². The SMILES string of the molecule is CN1C2C=CC1/C(c1ccc(C(=O)O)cc1)=C1/C=CC(=N1)/C(c1ccc(C(=O)O)cc1)=c1/cc/c([nH]1)=C(\c1ccc(C(=O)O)cc1)C1=N/C(=C\2c2ccc(C(=O)O)cc2)C=C1. The van der Waals surface area contributed by atoms with Crippen LogP contribution in [0, 0.1) is 0 Å². The monoisotopic (exact) mass is 806 g/mol. The Morgan fingerprint density at radius 3 is 1.08 bits per heavy atom. The van der Waals surface area contributed by atoms with Crippen molar-refractivity contribution in [1.29, 1.82) is 0 Å². The number of fused-ring (bicyclic) bond motifs is 6. The van der Waals surface area contributed by atoms with Crippen LogP contribution in [-0.2, 0) is 0 Å². The molecule has 12 heteroatoms. The zero-order chi connectivity index (χ0) is 42.5. The number of likely N-dealkylation sites (N-methyl/N-ethyl adjacent to an activating group) is 1. The molecule has 61 heavy (non-hydrogen) atoms. The maximum atomic E-state index is 11.9. The van der Waals surface area contributed by atoms with E-state index in [1.165, 1.54) is 24.3 Å². The smallest absolute Gasteiger partial charge is 0.335 e. The van der Waals surface area contributed by atoms with Crippen molar-refractivity contribution < 1.29 is 39.6 Å². The van der Waals surface area contributed by atoms with Gasteiger partial charge >= 0.3 is 23.9 Å². The standard InChI is InChI=1S/C49H34N4O8/c1-53-40-24-25-41(53)45(29-8-16-33(17-9-29)49(60)61)39-23-21-37(52-39)43(27-4-12-31(13-5-27)47(56)57)35-19-18-34(50-35)42(26-2-10-30(11-3-26)46(54)55)36-20-22-38(51-36)44(40)28-6-14-32(15-7-28)48(58)59/h2-25,40-41,50H,1H3,(H,54,55)(H,56,57)(H,58,59)(H,60,61)/b42-34-,43-35-,44-38-,45-39-. The zero-order valence-corrected chi connectivity index (χ0v) is 32.3. The van der Waals surface area contributed by atoms with E-state index < -0.39 is 23.9 Å². The number of carboxylic acid groups (broad SMARTS) is 4. The summed E-state index contributed by atoms with van der Waals surface area (Å²) >= 11 is 0. The molecule has 4 aliphatic heterocycles. The molecular weight excluding hydrogens is 773 g/mol. The van der Waals surface area contributed by atoms with E-state index in [4.69, 9.17) is 9.98 Å². The third-order valence-electron chi connectivity index (χ3n) is 11.2. The maximum absolute atomic E-state index is 11.9. The molecule has 12 nitrogen and oxygen atoms in total. The fourth-order valence-electron chi connectivity index (χ4n) is 8.21. The lowest BCUT2D eigenvalue weighted by atomic mass is 9.93. The molecule has 2 atom stereocenters. The van der Waals surface area contributed by atoms with Gasteiger partial charge in [-0.25, -0.2) is 29.2 Å². The highest BCUT2D eigenvalue weighted by atomic mass is 16.4. The second-order valence-electron chi connectivity index (χ2n) is 14.8. The van der Waals surface area contributed by atoms with Gasteiger partial charge in [0.2, 0.25) is 0 Å². The van der Waals surface area contributed by atoms with Gasteiger partial charge in [-0.3, -0.25) is 4.90 Å². The average Bonchev–Trinajstić information content (AvgIpc) is 4.10. The van der Waals surface area contributed by atoms with Crippen LogP contribution in [0.25, 0.3) is 22.3 Å². The van der Waals surface area contributed by atoms with E-state index in [0.29, 0.717) is 55.8 Å². The summed E-state index contributed by atoms with van der Waals surface area (Å²) in [6.45, 7) is 0. The minimum Gasteiger partial charge on any atom is -0.478 e. The van der Waals surface area contributed by atoms with E-state index in [9.17, 15) is 39.6 Å². The van der Waals surface area contributed by atoms with Crippen molar-refractivity contribution in [3.63, 3.8) is 0 Å². The van der Waals surface area contributed by atoms with Crippen LogP contribution in [0.1, 0.15) is 63.7 Å². The molecule has 0 fully saturated rings. The van der Waals surface area contributed by atoms with Crippen LogP contribution in [0.5, 0.6) is 0 Å². The Kier molecular flexibility index (Phi) is 9.53. The van der Waals surface area contributed by atoms with Gasteiger partial charge in [-0.2, -0.15) is 0 Å². The summed E-state index contributed by atoms with van der Waals surface area (Å²) in [5.41, 5.74) is 8.85. The molecule has 5 heterocycles. The summed E-state index contributed by atoms with van der Waals surface area (Å²) in [7, 11) is 1.98. The first kappa shape index (κ1) is 38.3. The summed E-state index contributed by atoms with van der Waals surface area (Å²) < 4.78 is 0. The summed E-state index contributed by atoms with van der Waals surface area (Å²) in [4.78, 5) is 63.8. The Labute approximate surface area is 347 Å². The number of allylic oxidation sites excluding steroid dienone is 4. The number of carbonyl (C=O) groups is 4. The van der Waals surface area contributed by atoms with Gasteiger partial charge in [0.15, 0.2) is 0 Å². The molecular formula is C49H34N4O8. The van der Waals surface area contributed by atoms with Crippen LogP contribution in [0.15, 0.2) is 167 Å². The lowest BCUT2D eigenvalue weighted by Crippen LogP contribution is -2.35. The van der Waals surface area contributed by atoms with E-state index >= 15 is 0 Å². The number of nitrogens with zero attached hydrogens (tertiary/aromatic N) is 3. The molecule has 0 saturated heterocycles. The number of hydrogen-bond donors (Lipinski definition) is 5. The number of aromatic nitrogens is 1. The Balaban J connectivity index is 1.37. The highest BCUT2D eigenvalue weighted by molar-refractivity contribution is 6.31. The van der Waals surface area contributed by atoms with Crippen molar-refractivity contribution in [2.24, 2.45) is 9.98 Å². The number of rotatable bonds is 8. The fourth-order valence-corrected chi connectivity index (χ4v) is 8.21. The molecule has 0 aliphatic carbocycles. The van der Waals surface area contributed by atoms with Gasteiger partial charge < -0.3 is 25.4 Å². The number of aromatic amines is 1. The first-order valence-electron chi connectivity index (χ1n) is 19.2. The summed E-state index contributed by atoms with van der Waals surface area (Å²) in [6.07, 6.45) is 11.8. The molecule has 2 unspecified atom stereocenters. The van der Waals surface area contributed by atoms with Crippen LogP contribution in [-0.4, -0.2) is 84.7 Å². The molecule has 8 bridgehead atoms. The topological polar surface area (TPSA) is 193 Å². The molecule has 0 radical (unpaired) electrons. The van der Waals surface area contributed by atoms with E-state index in [1.807, 2.05) is 43.5 Å². The number of hydrogen-bond acceptors (Lipinski definition) is 7. The number of aliphatic imine (C=N–C) groups is 2. The van der Waals surface area contributed by atoms with Crippen molar-refractivity contribution >= 4 is 57.6 Å². The quantitative estimate of drug-likeness (QED) is 0.112. The number of carboxylic acids is 4. The van der Waals surface area contributed by atoms with Crippen molar-refractivity contribution in [3.8, 4) is 0 Å². The normalized spacial score (nSPS) is 22.3. The first-order valence-corrected chi connectivity index (χ1v) is 19.2. The molecule has 9 rings (SSSR count). The van der Waals surface area contributed by atoms with Gasteiger partial charge in [0.1, 0.15) is 0 Å². The predicted molar refractivity (Wildman–Crippen MR) is 230 cm³/mol. The van der Waals surface area contributed by atoms with E-state index in [-0.39, 0.29) is 34.3 Å². The Hall–Kier alpha value is -8.22. The van der Waals surface area contributed by atoms with E-state index in [1.54, 1.807) is 72.8 Å². The predicted octanol–water partition coefficient (Wildman–Crippen LogP) is 6.30. The van der Waals surface area contributed by atoms with Crippen LogP contribution < -0.4 is 10.7 Å². The number of aromatic carboxylic acids is 4. The van der Waals surface area contributed by atoms with Gasteiger partial charge in [-0.15, -0.1) is 0 Å². The van der Waals surface area contributed by atoms with Gasteiger partial charge in [0.05, 0.1) is 57.2 Å². The lowest BCUT2D eigenvalue weighted by molar-refractivity contribution is 0.0686. The molecule has 4 aliphatic rings. The average molecular weight is 807 g/mol. The highest BCUT2D eigenvalue weighted by Crippen LogP contribution is 2.40. The third-order valence-corrected chi connectivity index (χ3v) is 11.2. The summed E-state index contributed by atoms with van der Waals surface area (Å²) in [5.74, 6) is -4.21. The molecule has 0 saturated carbocycles. The van der Waals surface area contributed by atoms with Crippen molar-refractivity contribution in [2.75, 3.05) is 7.05 Å². The lowest BCUT2D eigenvalue weighted by Gasteiger charge is -2.31. The summed E-state index contributed by atoms with van der Waals surface area (Å²) in [5, 5.41) is 40.2. The van der Waals surface area contributed by atoms with Crippen molar-refractivity contribution in [3.05, 3.63) is 212 Å². The molecule has 0 spiro atoms. The highest BCUT2D eigenvalue weighted by Gasteiger charge is 2.35. The Morgan fingerprint density at radius 1 is 0.459 bits per heavy atom. The minimum absolute atomic E-state index is 0.124. The van der Waals surface area contributed by atoms with Gasteiger partial charge in [-0.05, 0) is 114 Å². The number of H-pyrrole nitrogens is 1. The molecule has 298 valence electrons. The van der Waals surface area contributed by atoms with Crippen LogP contribution in [0.3, 0.4) is 0 Å². The largest absolute Gasteiger partial charge is 0.478 e. The second-order valence-corrected chi connectivity index (χ2v) is 14.8. The molecule has 4 aromatic carbocycles. The summed E-state index contributed by atoms with van der Waals surface area (Å²) in [6, 6.07) is 29.5. The van der Waals surface area contributed by atoms with E-state index in [0.717, 1.165) is 22.3 Å².